The molecule has 0 unspecified atom stereocenters. The van der Waals surface area contributed by atoms with Gasteiger partial charge in [-0.25, -0.2) is 4.98 Å². The minimum atomic E-state index is 0.151. The topological polar surface area (TPSA) is 69.8 Å². The van der Waals surface area contributed by atoms with Gasteiger partial charge in [0.2, 0.25) is 0 Å². The maximum Gasteiger partial charge on any atom is 0.184 e. The normalized spacial score (nSPS) is 14.6. The van der Waals surface area contributed by atoms with Crippen LogP contribution in [0.5, 0.6) is 0 Å². The van der Waals surface area contributed by atoms with Gasteiger partial charge in [0.1, 0.15) is 5.82 Å². The summed E-state index contributed by atoms with van der Waals surface area (Å²) >= 11 is 4.73. The third kappa shape index (κ3) is 6.12. The molecule has 0 aliphatic carbocycles. The van der Waals surface area contributed by atoms with Crippen LogP contribution < -0.4 is 16.1 Å². The van der Waals surface area contributed by atoms with Crippen molar-refractivity contribution < 1.29 is 0 Å². The molecule has 1 saturated heterocycles. The van der Waals surface area contributed by atoms with Crippen LogP contribution in [0.4, 0.5) is 5.82 Å². The summed E-state index contributed by atoms with van der Waals surface area (Å²) < 4.78 is 0. The number of benzene rings is 2. The molecule has 0 amide bonds. The van der Waals surface area contributed by atoms with E-state index in [4.69, 9.17) is 22.9 Å². The Bertz CT molecular complexity index is 1030. The van der Waals surface area contributed by atoms with Crippen LogP contribution >= 0.6 is 12.2 Å². The zero-order chi connectivity index (χ0) is 22.2. The molecule has 0 saturated carbocycles. The monoisotopic (exact) mass is 444 g/mol. The van der Waals surface area contributed by atoms with Crippen LogP contribution in [0.3, 0.4) is 0 Å². The first-order valence-corrected chi connectivity index (χ1v) is 11.2. The zero-order valence-electron chi connectivity index (χ0n) is 18.0. The van der Waals surface area contributed by atoms with Crippen LogP contribution in [0.1, 0.15) is 11.1 Å². The smallest absolute Gasteiger partial charge is 0.184 e. The molecule has 3 N–H and O–H groups in total. The molecule has 2 heterocycles. The summed E-state index contributed by atoms with van der Waals surface area (Å²) in [6.07, 6.45) is 4.74. The van der Waals surface area contributed by atoms with E-state index in [2.05, 4.69) is 74.9 Å². The summed E-state index contributed by atoms with van der Waals surface area (Å²) in [5.74, 6) is 1.05. The van der Waals surface area contributed by atoms with Gasteiger partial charge in [-0.3, -0.25) is 10.3 Å². The number of hydrazone groups is 1. The molecule has 1 aromatic heterocycles. The van der Waals surface area contributed by atoms with E-state index in [0.29, 0.717) is 0 Å². The summed E-state index contributed by atoms with van der Waals surface area (Å²) in [7, 11) is 0. The van der Waals surface area contributed by atoms with Gasteiger partial charge in [0.25, 0.3) is 0 Å². The quantitative estimate of drug-likeness (QED) is 0.331. The first-order valence-electron chi connectivity index (χ1n) is 10.8. The van der Waals surface area contributed by atoms with E-state index in [1.165, 1.54) is 5.56 Å². The minimum absolute atomic E-state index is 0.151. The van der Waals surface area contributed by atoms with Crippen LogP contribution in [0.2, 0.25) is 0 Å². The number of anilines is 1. The summed E-state index contributed by atoms with van der Waals surface area (Å²) in [6.45, 7) is 5.27. The lowest BCUT2D eigenvalue weighted by molar-refractivity contribution is 0.260. The molecule has 1 aliphatic rings. The first kappa shape index (κ1) is 21.9. The molecule has 2 aromatic carbocycles. The van der Waals surface area contributed by atoms with E-state index < -0.39 is 0 Å². The second-order valence-electron chi connectivity index (χ2n) is 7.83. The molecule has 1 fully saturated rings. The summed E-state index contributed by atoms with van der Waals surface area (Å²) in [5, 5.41) is 4.13. The van der Waals surface area contributed by atoms with Crippen LogP contribution in [0, 0.1) is 0 Å². The largest absolute Gasteiger partial charge is 0.375 e. The minimum Gasteiger partial charge on any atom is -0.375 e. The number of nitrogens with one attached hydrogen (secondary N) is 1. The maximum absolute atomic E-state index is 5.36. The lowest BCUT2D eigenvalue weighted by Gasteiger charge is -2.35. The van der Waals surface area contributed by atoms with Crippen molar-refractivity contribution in [3.8, 4) is 11.1 Å². The second kappa shape index (κ2) is 10.8. The summed E-state index contributed by atoms with van der Waals surface area (Å²) in [5.41, 5.74) is 12.5. The van der Waals surface area contributed by atoms with Gasteiger partial charge in [0.05, 0.1) is 6.21 Å². The van der Waals surface area contributed by atoms with E-state index >= 15 is 0 Å². The fourth-order valence-corrected chi connectivity index (χ4v) is 3.86. The fraction of sp³-hybridized carbons (Fsp3) is 0.240. The van der Waals surface area contributed by atoms with Gasteiger partial charge in [-0.2, -0.15) is 5.10 Å². The summed E-state index contributed by atoms with van der Waals surface area (Å²) in [6, 6.07) is 23.1. The highest BCUT2D eigenvalue weighted by Gasteiger charge is 2.17. The Morgan fingerprint density at radius 2 is 1.69 bits per heavy atom. The number of nitrogens with zero attached hydrogens (tertiary/aromatic N) is 4. The Morgan fingerprint density at radius 1 is 0.969 bits per heavy atom. The van der Waals surface area contributed by atoms with Crippen molar-refractivity contribution in [2.45, 2.75) is 6.42 Å². The third-order valence-electron chi connectivity index (χ3n) is 5.64. The molecular formula is C25H28N6S. The van der Waals surface area contributed by atoms with E-state index in [1.54, 1.807) is 6.21 Å². The van der Waals surface area contributed by atoms with E-state index in [-0.39, 0.29) is 5.11 Å². The van der Waals surface area contributed by atoms with Gasteiger partial charge in [-0.1, -0.05) is 54.6 Å². The number of hydrogen-bond donors (Lipinski definition) is 2. The predicted octanol–water partition coefficient (Wildman–Crippen LogP) is 3.28. The molecule has 3 aromatic rings. The molecule has 32 heavy (non-hydrogen) atoms. The molecule has 4 rings (SSSR count). The van der Waals surface area contributed by atoms with Crippen molar-refractivity contribution >= 4 is 29.4 Å². The third-order valence-corrected chi connectivity index (χ3v) is 5.73. The van der Waals surface area contributed by atoms with E-state index in [0.717, 1.165) is 61.7 Å². The number of rotatable bonds is 7. The molecule has 0 spiro atoms. The number of nitrogens with two attached hydrogens (primary N) is 1. The fourth-order valence-electron chi connectivity index (χ4n) is 3.81. The van der Waals surface area contributed by atoms with Crippen LogP contribution in [0.25, 0.3) is 11.1 Å². The average Bonchev–Trinajstić information content (AvgIpc) is 2.84. The van der Waals surface area contributed by atoms with E-state index in [1.807, 2.05) is 18.3 Å². The molecule has 6 nitrogen and oxygen atoms in total. The Morgan fingerprint density at radius 3 is 2.34 bits per heavy atom. The first-order chi connectivity index (χ1) is 15.7. The molecule has 1 aliphatic heterocycles. The lowest BCUT2D eigenvalue weighted by Crippen LogP contribution is -2.47. The Hall–Kier alpha value is -3.29. The Labute approximate surface area is 194 Å². The van der Waals surface area contributed by atoms with Gasteiger partial charge in [-0.15, -0.1) is 0 Å². The number of pyridine rings is 1. The molecule has 164 valence electrons. The second-order valence-corrected chi connectivity index (χ2v) is 8.27. The van der Waals surface area contributed by atoms with Crippen molar-refractivity contribution in [2.75, 3.05) is 37.6 Å². The standard InChI is InChI=1S/C25H28N6S/c26-25(32)29-28-18-21-6-8-22(9-7-21)23-10-11-24(27-19-23)31-16-14-30(15-17-31)13-12-20-4-2-1-3-5-20/h1-11,18-19H,12-17H2,(H3,26,29,32)/b28-18+. The van der Waals surface area contributed by atoms with Crippen LogP contribution in [-0.2, 0) is 6.42 Å². The highest BCUT2D eigenvalue weighted by atomic mass is 32.1. The maximum atomic E-state index is 5.36. The number of hydrogen-bond acceptors (Lipinski definition) is 5. The highest BCUT2D eigenvalue weighted by Crippen LogP contribution is 2.22. The average molecular weight is 445 g/mol. The van der Waals surface area contributed by atoms with Gasteiger partial charge in [0, 0.05) is 44.5 Å². The number of piperazine rings is 1. The Kier molecular flexibility index (Phi) is 7.42. The molecule has 7 heteroatoms. The van der Waals surface area contributed by atoms with Gasteiger partial charge < -0.3 is 10.6 Å². The molecule has 0 radical (unpaired) electrons. The lowest BCUT2D eigenvalue weighted by atomic mass is 10.1. The van der Waals surface area contributed by atoms with Gasteiger partial charge in [-0.05, 0) is 47.5 Å². The molecular weight excluding hydrogens is 416 g/mol. The van der Waals surface area contributed by atoms with Crippen molar-refractivity contribution in [2.24, 2.45) is 10.8 Å². The summed E-state index contributed by atoms with van der Waals surface area (Å²) in [4.78, 5) is 9.64. The van der Waals surface area contributed by atoms with E-state index in [9.17, 15) is 0 Å². The Balaban J connectivity index is 1.28. The van der Waals surface area contributed by atoms with Gasteiger partial charge >= 0.3 is 0 Å². The van der Waals surface area contributed by atoms with Crippen LogP contribution in [-0.4, -0.2) is 53.9 Å². The van der Waals surface area contributed by atoms with Crippen molar-refractivity contribution in [3.63, 3.8) is 0 Å². The predicted molar refractivity (Wildman–Crippen MR) is 136 cm³/mol. The highest BCUT2D eigenvalue weighted by molar-refractivity contribution is 7.80. The molecule has 0 bridgehead atoms. The van der Waals surface area contributed by atoms with Gasteiger partial charge in [0.15, 0.2) is 5.11 Å². The van der Waals surface area contributed by atoms with Crippen LogP contribution in [0.15, 0.2) is 78.0 Å². The van der Waals surface area contributed by atoms with Crippen molar-refractivity contribution in [3.05, 3.63) is 84.1 Å². The van der Waals surface area contributed by atoms with Crippen molar-refractivity contribution in [1.82, 2.24) is 15.3 Å². The number of thiocarbonyl (C=S) groups is 1. The molecule has 0 atom stereocenters. The number of aromatic nitrogens is 1. The van der Waals surface area contributed by atoms with Crippen molar-refractivity contribution in [1.29, 1.82) is 0 Å². The SMILES string of the molecule is NC(=S)N/N=C/c1ccc(-c2ccc(N3CCN(CCc4ccccc4)CC3)nc2)cc1. The zero-order valence-corrected chi connectivity index (χ0v) is 18.8.